The van der Waals surface area contributed by atoms with E-state index in [0.717, 1.165) is 0 Å². The van der Waals surface area contributed by atoms with Crippen molar-refractivity contribution in [3.63, 3.8) is 0 Å². The Hall–Kier alpha value is -7.78. The Bertz CT molecular complexity index is 1940. The van der Waals surface area contributed by atoms with Crippen LogP contribution in [0, 0.1) is 0 Å². The maximum atomic E-state index is 14.3. The molecule has 0 heterocycles. The summed E-state index contributed by atoms with van der Waals surface area (Å²) in [5.41, 5.74) is 77.1. The largest absolute Gasteiger partial charge is 0.370 e. The van der Waals surface area contributed by atoms with Gasteiger partial charge in [0.05, 0.1) is 6.04 Å². The number of hydrogen-bond acceptors (Lipinski definition) is 15. The van der Waals surface area contributed by atoms with Crippen LogP contribution < -0.4 is 112 Å². The highest BCUT2D eigenvalue weighted by atomic mass is 32.1. The van der Waals surface area contributed by atoms with Crippen molar-refractivity contribution in [2.75, 3.05) is 45.0 Å². The quantitative estimate of drug-likeness (QED) is 0.0118. The number of guanidine groups is 6. The van der Waals surface area contributed by atoms with E-state index in [1.54, 1.807) is 0 Å². The van der Waals surface area contributed by atoms with E-state index in [9.17, 15) is 33.6 Å². The molecule has 0 saturated carbocycles. The molecule has 0 bridgehead atoms. The lowest BCUT2D eigenvalue weighted by molar-refractivity contribution is -0.135. The third-order valence-electron chi connectivity index (χ3n) is 10.0. The zero-order valence-electron chi connectivity index (χ0n) is 41.0. The van der Waals surface area contributed by atoms with Gasteiger partial charge in [-0.2, -0.15) is 12.6 Å². The molecular weight excluding hydrogens is 977 g/mol. The lowest BCUT2D eigenvalue weighted by atomic mass is 10.0. The average molecular weight is 1060 g/mol. The number of hydrogen-bond donors (Lipinski definition) is 21. The van der Waals surface area contributed by atoms with Crippen LogP contribution in [0.15, 0.2) is 30.0 Å². The zero-order valence-corrected chi connectivity index (χ0v) is 41.9. The molecule has 0 aliphatic heterocycles. The molecule has 0 aromatic heterocycles. The number of nitrogens with two attached hydrogens (primary N) is 14. The summed E-state index contributed by atoms with van der Waals surface area (Å²) in [6.07, 6.45) is 0.843. The summed E-state index contributed by atoms with van der Waals surface area (Å²) in [5, 5.41) is 15.6. The lowest BCUT2D eigenvalue weighted by Gasteiger charge is -2.28. The van der Waals surface area contributed by atoms with Crippen molar-refractivity contribution in [3.05, 3.63) is 0 Å². The standard InChI is InChI=1S/C39H80N26O7S/c40-20(7-1-13-54-34(42)43)28(67)60-21(8-2-14-55-35(44)45)29(68)61-22(9-3-15-56-36(46)47)30(69)62-23(10-4-16-57-37(48)49)31(70)63-24(11-5-17-58-38(50)51)32(71)64-25(12-6-18-59-39(52)53)33(72)65-26(19-73)27(41)66/h20-26,73H,1-19,40H2,(H2,41,66)(H,60,67)(H,61,68)(H,62,69)(H,63,70)(H,64,71)(H,65,72)(H4,42,43,54)(H4,44,45,55)(H4,46,47,56)(H4,48,49,57)(H4,50,51,58)(H4,52,53,59)/t20-,21-,22-,23-,24-,25-,26+/m0/s1. The monoisotopic (exact) mass is 1060 g/mol. The number of amides is 7. The third-order valence-corrected chi connectivity index (χ3v) is 10.4. The molecule has 0 aliphatic rings. The molecule has 414 valence electrons. The van der Waals surface area contributed by atoms with Crippen molar-refractivity contribution in [1.82, 2.24) is 31.9 Å². The van der Waals surface area contributed by atoms with Crippen molar-refractivity contribution in [2.24, 2.45) is 110 Å². The molecule has 0 aromatic carbocycles. The number of rotatable bonds is 38. The molecule has 34 heteroatoms. The molecule has 7 atom stereocenters. The fourth-order valence-electron chi connectivity index (χ4n) is 6.36. The van der Waals surface area contributed by atoms with Crippen molar-refractivity contribution in [1.29, 1.82) is 0 Å². The SMILES string of the molecule is NC(=O)[C@@H](CS)NC(=O)[C@H](CCCN=C(N)N)NC(=O)[C@H](CCCN=C(N)N)NC(=O)[C@H](CCCN=C(N)N)NC(=O)[C@H](CCCN=C(N)N)NC(=O)[C@H](CCCN=C(N)N)NC(=O)[C@@H](N)CCCN=C(N)N. The minimum atomic E-state index is -1.43. The van der Waals surface area contributed by atoms with E-state index >= 15 is 0 Å². The molecule has 0 aliphatic carbocycles. The number of aliphatic imine (C=N–C) groups is 6. The lowest BCUT2D eigenvalue weighted by Crippen LogP contribution is -2.60. The van der Waals surface area contributed by atoms with Gasteiger partial charge in [0.25, 0.3) is 0 Å². The van der Waals surface area contributed by atoms with Crippen LogP contribution in [-0.4, -0.2) is 164 Å². The molecule has 33 nitrogen and oxygen atoms in total. The fourth-order valence-corrected chi connectivity index (χ4v) is 6.63. The normalized spacial score (nSPS) is 13.5. The second-order valence-electron chi connectivity index (χ2n) is 16.3. The highest BCUT2D eigenvalue weighted by Crippen LogP contribution is 2.10. The number of thiol groups is 1. The Balaban J connectivity index is 7.06. The molecule has 0 radical (unpaired) electrons. The molecule has 0 saturated heterocycles. The fraction of sp³-hybridized carbons (Fsp3) is 0.667. The first kappa shape index (κ1) is 65.2. The molecular formula is C39H80N26O7S. The van der Waals surface area contributed by atoms with Crippen LogP contribution in [0.1, 0.15) is 77.0 Å². The van der Waals surface area contributed by atoms with Gasteiger partial charge in [-0.3, -0.25) is 63.5 Å². The van der Waals surface area contributed by atoms with Gasteiger partial charge in [-0.15, -0.1) is 0 Å². The van der Waals surface area contributed by atoms with Crippen LogP contribution in [0.3, 0.4) is 0 Å². The molecule has 0 fully saturated rings. The molecule has 0 rings (SSSR count). The van der Waals surface area contributed by atoms with Crippen LogP contribution >= 0.6 is 12.6 Å². The molecule has 0 unspecified atom stereocenters. The smallest absolute Gasteiger partial charge is 0.243 e. The predicted octanol–water partition coefficient (Wildman–Crippen LogP) is -10.0. The number of nitrogens with one attached hydrogen (secondary N) is 6. The first-order valence-corrected chi connectivity index (χ1v) is 23.8. The van der Waals surface area contributed by atoms with Gasteiger partial charge in [-0.1, -0.05) is 0 Å². The molecule has 0 spiro atoms. The van der Waals surface area contributed by atoms with E-state index in [4.69, 9.17) is 80.3 Å². The maximum absolute atomic E-state index is 14.3. The second kappa shape index (κ2) is 37.1. The molecule has 73 heavy (non-hydrogen) atoms. The second-order valence-corrected chi connectivity index (χ2v) is 16.6. The van der Waals surface area contributed by atoms with Crippen LogP contribution in [0.25, 0.3) is 0 Å². The third kappa shape index (κ3) is 31.9. The summed E-state index contributed by atoms with van der Waals surface area (Å²) in [4.78, 5) is 119. The molecule has 7 amide bonds. The highest BCUT2D eigenvalue weighted by molar-refractivity contribution is 7.80. The van der Waals surface area contributed by atoms with Gasteiger partial charge < -0.3 is 112 Å². The van der Waals surface area contributed by atoms with Gasteiger partial charge >= 0.3 is 0 Å². The Morgan fingerprint density at radius 3 is 0.699 bits per heavy atom. The number of nitrogens with zero attached hydrogens (tertiary/aromatic N) is 6. The van der Waals surface area contributed by atoms with Crippen molar-refractivity contribution in [3.8, 4) is 0 Å². The Morgan fingerprint density at radius 1 is 0.315 bits per heavy atom. The van der Waals surface area contributed by atoms with Gasteiger partial charge in [0, 0.05) is 45.0 Å². The summed E-state index contributed by atoms with van der Waals surface area (Å²) >= 11 is 4.07. The van der Waals surface area contributed by atoms with Crippen molar-refractivity contribution in [2.45, 2.75) is 119 Å². The number of carbonyl (C=O) groups excluding carboxylic acids is 7. The van der Waals surface area contributed by atoms with Crippen LogP contribution in [0.4, 0.5) is 0 Å². The van der Waals surface area contributed by atoms with E-state index in [1.165, 1.54) is 0 Å². The summed E-state index contributed by atoms with van der Waals surface area (Å²) in [5.74, 6) is -7.25. The van der Waals surface area contributed by atoms with Crippen LogP contribution in [-0.2, 0) is 33.6 Å². The van der Waals surface area contributed by atoms with Crippen molar-refractivity contribution < 1.29 is 33.6 Å². The Kier molecular flexibility index (Phi) is 33.1. The highest BCUT2D eigenvalue weighted by Gasteiger charge is 2.33. The van der Waals surface area contributed by atoms with E-state index in [-0.39, 0.29) is 151 Å². The summed E-state index contributed by atoms with van der Waals surface area (Å²) in [6, 6.07) is -9.09. The maximum Gasteiger partial charge on any atom is 0.243 e. The number of carbonyl (C=O) groups is 7. The van der Waals surface area contributed by atoms with Gasteiger partial charge in [-0.25, -0.2) is 0 Å². The number of primary amides is 1. The molecule has 34 N–H and O–H groups in total. The topological polar surface area (TPSA) is 630 Å². The van der Waals surface area contributed by atoms with Gasteiger partial charge in [0.1, 0.15) is 36.3 Å². The predicted molar refractivity (Wildman–Crippen MR) is 282 cm³/mol. The summed E-state index contributed by atoms with van der Waals surface area (Å²) in [6.45, 7) is 0.401. The Morgan fingerprint density at radius 2 is 0.507 bits per heavy atom. The first-order chi connectivity index (χ1) is 34.4. The zero-order chi connectivity index (χ0) is 55.5. The van der Waals surface area contributed by atoms with Crippen LogP contribution in [0.5, 0.6) is 0 Å². The van der Waals surface area contributed by atoms with Crippen molar-refractivity contribution >= 4 is 89.7 Å². The average Bonchev–Trinajstić information content (AvgIpc) is 3.30. The summed E-state index contributed by atoms with van der Waals surface area (Å²) < 4.78 is 0. The van der Waals surface area contributed by atoms with E-state index in [0.29, 0.717) is 6.42 Å². The molecule has 0 aromatic rings. The van der Waals surface area contributed by atoms with Gasteiger partial charge in [0.2, 0.25) is 41.4 Å². The van der Waals surface area contributed by atoms with Crippen LogP contribution in [0.2, 0.25) is 0 Å². The van der Waals surface area contributed by atoms with E-state index in [1.807, 2.05) is 0 Å². The van der Waals surface area contributed by atoms with E-state index in [2.05, 4.69) is 74.5 Å². The van der Waals surface area contributed by atoms with E-state index < -0.39 is 83.6 Å². The first-order valence-electron chi connectivity index (χ1n) is 23.2. The minimum Gasteiger partial charge on any atom is -0.370 e. The summed E-state index contributed by atoms with van der Waals surface area (Å²) in [7, 11) is 0. The van der Waals surface area contributed by atoms with Gasteiger partial charge in [-0.05, 0) is 77.0 Å². The Labute approximate surface area is 428 Å². The van der Waals surface area contributed by atoms with Gasteiger partial charge in [0.15, 0.2) is 35.8 Å². The minimum absolute atomic E-state index is 0.00989.